The van der Waals surface area contributed by atoms with Crippen molar-refractivity contribution in [2.24, 2.45) is 0 Å². The van der Waals surface area contributed by atoms with Gasteiger partial charge in [-0.1, -0.05) is 24.3 Å². The third-order valence-corrected chi connectivity index (χ3v) is 5.25. The van der Waals surface area contributed by atoms with Gasteiger partial charge in [-0.15, -0.1) is 11.3 Å². The Morgan fingerprint density at radius 1 is 1.24 bits per heavy atom. The third kappa shape index (κ3) is 4.18. The minimum absolute atomic E-state index is 0.135. The lowest BCUT2D eigenvalue weighted by Gasteiger charge is -2.25. The summed E-state index contributed by atoms with van der Waals surface area (Å²) >= 11 is 1.57. The van der Waals surface area contributed by atoms with Crippen LogP contribution in [-0.2, 0) is 4.79 Å². The molecule has 7 heteroatoms. The molecular formula is C18H21N3O3S. The zero-order chi connectivity index (χ0) is 17.8. The van der Waals surface area contributed by atoms with Crippen LogP contribution in [-0.4, -0.2) is 40.6 Å². The van der Waals surface area contributed by atoms with Crippen LogP contribution in [0, 0.1) is 0 Å². The highest BCUT2D eigenvalue weighted by atomic mass is 32.1. The molecule has 3 atom stereocenters. The van der Waals surface area contributed by atoms with E-state index in [9.17, 15) is 14.7 Å². The van der Waals surface area contributed by atoms with Gasteiger partial charge in [0.05, 0.1) is 12.1 Å². The lowest BCUT2D eigenvalue weighted by atomic mass is 10.1. The smallest absolute Gasteiger partial charge is 0.322 e. The number of rotatable bonds is 4. The Kier molecular flexibility index (Phi) is 5.35. The minimum atomic E-state index is -0.700. The Hall–Kier alpha value is -2.38. The molecule has 0 radical (unpaired) electrons. The van der Waals surface area contributed by atoms with Gasteiger partial charge >= 0.3 is 6.03 Å². The summed E-state index contributed by atoms with van der Waals surface area (Å²) in [6.45, 7) is 2.05. The summed E-state index contributed by atoms with van der Waals surface area (Å²) < 4.78 is 0. The highest BCUT2D eigenvalue weighted by Crippen LogP contribution is 2.23. The SMILES string of the molecule is CC(NC(=O)C1CC(O)CN1C(=O)Nc1ccccc1)c1cccs1. The molecular weight excluding hydrogens is 338 g/mol. The number of benzene rings is 1. The first kappa shape index (κ1) is 17.4. The number of thiophene rings is 1. The number of amides is 3. The number of urea groups is 1. The number of carbonyl (C=O) groups excluding carboxylic acids is 2. The van der Waals surface area contributed by atoms with E-state index in [1.165, 1.54) is 4.90 Å². The maximum absolute atomic E-state index is 12.6. The Morgan fingerprint density at radius 3 is 2.68 bits per heavy atom. The molecule has 3 amide bonds. The van der Waals surface area contributed by atoms with Crippen molar-refractivity contribution >= 4 is 29.0 Å². The maximum atomic E-state index is 12.6. The van der Waals surface area contributed by atoms with Crippen LogP contribution < -0.4 is 10.6 Å². The lowest BCUT2D eigenvalue weighted by Crippen LogP contribution is -2.47. The molecule has 3 unspecified atom stereocenters. The zero-order valence-corrected chi connectivity index (χ0v) is 14.7. The average Bonchev–Trinajstić information content (AvgIpc) is 3.25. The van der Waals surface area contributed by atoms with E-state index >= 15 is 0 Å². The van der Waals surface area contributed by atoms with Gasteiger partial charge in [-0.2, -0.15) is 0 Å². The van der Waals surface area contributed by atoms with E-state index in [-0.39, 0.29) is 30.9 Å². The molecule has 3 N–H and O–H groups in total. The highest BCUT2D eigenvalue weighted by molar-refractivity contribution is 7.10. The molecule has 1 aromatic carbocycles. The van der Waals surface area contributed by atoms with Gasteiger partial charge in [-0.3, -0.25) is 4.79 Å². The molecule has 0 bridgehead atoms. The van der Waals surface area contributed by atoms with E-state index in [2.05, 4.69) is 10.6 Å². The first-order chi connectivity index (χ1) is 12.0. The van der Waals surface area contributed by atoms with Gasteiger partial charge in [-0.25, -0.2) is 4.79 Å². The number of hydrogen-bond donors (Lipinski definition) is 3. The Labute approximate surface area is 150 Å². The summed E-state index contributed by atoms with van der Waals surface area (Å²) in [5.74, 6) is -0.249. The van der Waals surface area contributed by atoms with Crippen molar-refractivity contribution in [3.8, 4) is 0 Å². The molecule has 0 saturated carbocycles. The van der Waals surface area contributed by atoms with Gasteiger partial charge in [0.2, 0.25) is 5.91 Å². The maximum Gasteiger partial charge on any atom is 0.322 e. The van der Waals surface area contributed by atoms with E-state index in [4.69, 9.17) is 0 Å². The first-order valence-electron chi connectivity index (χ1n) is 8.19. The number of likely N-dealkylation sites (tertiary alicyclic amines) is 1. The van der Waals surface area contributed by atoms with Crippen LogP contribution in [0.3, 0.4) is 0 Å². The van der Waals surface area contributed by atoms with Gasteiger partial charge in [-0.05, 0) is 30.5 Å². The normalized spacial score (nSPS) is 21.0. The number of hydrogen-bond acceptors (Lipinski definition) is 4. The number of aliphatic hydroxyl groups is 1. The minimum Gasteiger partial charge on any atom is -0.391 e. The second-order valence-electron chi connectivity index (χ2n) is 6.10. The fourth-order valence-electron chi connectivity index (χ4n) is 2.92. The Morgan fingerprint density at radius 2 is 2.00 bits per heavy atom. The summed E-state index contributed by atoms with van der Waals surface area (Å²) in [6, 6.07) is 11.7. The quantitative estimate of drug-likeness (QED) is 0.785. The van der Waals surface area contributed by atoms with Crippen molar-refractivity contribution in [2.75, 3.05) is 11.9 Å². The molecule has 25 heavy (non-hydrogen) atoms. The second kappa shape index (κ2) is 7.67. The summed E-state index contributed by atoms with van der Waals surface area (Å²) in [4.78, 5) is 27.6. The van der Waals surface area contributed by atoms with E-state index in [0.29, 0.717) is 5.69 Å². The van der Waals surface area contributed by atoms with E-state index in [1.54, 1.807) is 23.5 Å². The summed E-state index contributed by atoms with van der Waals surface area (Å²) in [7, 11) is 0. The van der Waals surface area contributed by atoms with Crippen LogP contribution in [0.5, 0.6) is 0 Å². The standard InChI is InChI=1S/C18H21N3O3S/c1-12(16-8-5-9-25-16)19-17(23)15-10-14(22)11-21(15)18(24)20-13-6-3-2-4-7-13/h2-9,12,14-15,22H,10-11H2,1H3,(H,19,23)(H,20,24). The predicted molar refractivity (Wildman–Crippen MR) is 97.5 cm³/mol. The second-order valence-corrected chi connectivity index (χ2v) is 7.08. The van der Waals surface area contributed by atoms with Gasteiger partial charge in [0, 0.05) is 23.5 Å². The average molecular weight is 359 g/mol. The van der Waals surface area contributed by atoms with Gasteiger partial charge < -0.3 is 20.6 Å². The van der Waals surface area contributed by atoms with E-state index < -0.39 is 12.1 Å². The van der Waals surface area contributed by atoms with Crippen LogP contribution in [0.4, 0.5) is 10.5 Å². The highest BCUT2D eigenvalue weighted by Gasteiger charge is 2.39. The van der Waals surface area contributed by atoms with Gasteiger partial charge in [0.1, 0.15) is 6.04 Å². The number of β-amino-alcohol motifs (C(OH)–C–C–N with tert-alkyl or cyclic N) is 1. The number of aliphatic hydroxyl groups excluding tert-OH is 1. The van der Waals surface area contributed by atoms with Crippen molar-refractivity contribution in [1.82, 2.24) is 10.2 Å². The van der Waals surface area contributed by atoms with Gasteiger partial charge in [0.25, 0.3) is 0 Å². The molecule has 1 aliphatic heterocycles. The van der Waals surface area contributed by atoms with Crippen molar-refractivity contribution < 1.29 is 14.7 Å². The largest absolute Gasteiger partial charge is 0.391 e. The molecule has 6 nitrogen and oxygen atoms in total. The number of nitrogens with one attached hydrogen (secondary N) is 2. The van der Waals surface area contributed by atoms with Crippen molar-refractivity contribution in [3.05, 3.63) is 52.7 Å². The molecule has 1 saturated heterocycles. The fraction of sp³-hybridized carbons (Fsp3) is 0.333. The molecule has 0 spiro atoms. The first-order valence-corrected chi connectivity index (χ1v) is 9.07. The Balaban J connectivity index is 1.66. The molecule has 3 rings (SSSR count). The summed E-state index contributed by atoms with van der Waals surface area (Å²) in [5.41, 5.74) is 0.653. The number of carbonyl (C=O) groups is 2. The van der Waals surface area contributed by atoms with Crippen LogP contribution in [0.25, 0.3) is 0 Å². The molecule has 1 aliphatic rings. The van der Waals surface area contributed by atoms with E-state index in [1.807, 2.05) is 42.6 Å². The van der Waals surface area contributed by atoms with Crippen LogP contribution in [0.1, 0.15) is 24.3 Å². The van der Waals surface area contributed by atoms with Crippen molar-refractivity contribution in [1.29, 1.82) is 0 Å². The topological polar surface area (TPSA) is 81.7 Å². The fourth-order valence-corrected chi connectivity index (χ4v) is 3.66. The summed E-state index contributed by atoms with van der Waals surface area (Å²) in [6.07, 6.45) is -0.458. The van der Waals surface area contributed by atoms with E-state index in [0.717, 1.165) is 4.88 Å². The molecule has 0 aliphatic carbocycles. The lowest BCUT2D eigenvalue weighted by molar-refractivity contribution is -0.125. The van der Waals surface area contributed by atoms with Crippen molar-refractivity contribution in [3.63, 3.8) is 0 Å². The molecule has 132 valence electrons. The van der Waals surface area contributed by atoms with Crippen LogP contribution in [0.15, 0.2) is 47.8 Å². The van der Waals surface area contributed by atoms with Crippen LogP contribution in [0.2, 0.25) is 0 Å². The number of anilines is 1. The van der Waals surface area contributed by atoms with Crippen molar-refractivity contribution in [2.45, 2.75) is 31.5 Å². The third-order valence-electron chi connectivity index (χ3n) is 4.20. The monoisotopic (exact) mass is 359 g/mol. The predicted octanol–water partition coefficient (Wildman–Crippen LogP) is 2.59. The molecule has 2 heterocycles. The molecule has 1 fully saturated rings. The Bertz CT molecular complexity index is 720. The number of para-hydroxylation sites is 1. The zero-order valence-electron chi connectivity index (χ0n) is 13.9. The van der Waals surface area contributed by atoms with Crippen LogP contribution >= 0.6 is 11.3 Å². The molecule has 2 aromatic rings. The number of nitrogens with zero attached hydrogens (tertiary/aromatic N) is 1. The summed E-state index contributed by atoms with van der Waals surface area (Å²) in [5, 5.41) is 17.6. The molecule has 1 aromatic heterocycles. The van der Waals surface area contributed by atoms with Gasteiger partial charge in [0.15, 0.2) is 0 Å².